The first-order valence-electron chi connectivity index (χ1n) is 7.06. The molecule has 6 nitrogen and oxygen atoms in total. The van der Waals surface area contributed by atoms with Crippen molar-refractivity contribution in [1.29, 1.82) is 0 Å². The summed E-state index contributed by atoms with van der Waals surface area (Å²) in [5, 5.41) is 0. The van der Waals surface area contributed by atoms with Crippen molar-refractivity contribution in [3.05, 3.63) is 48.3 Å². The molecule has 6 heteroatoms. The van der Waals surface area contributed by atoms with Crippen LogP contribution < -0.4 is 16.2 Å². The molecule has 1 unspecified atom stereocenters. The van der Waals surface area contributed by atoms with Crippen LogP contribution in [-0.4, -0.2) is 41.5 Å². The maximum Gasteiger partial charge on any atom is 0.160 e. The first-order valence-corrected chi connectivity index (χ1v) is 7.06. The molecule has 0 bridgehead atoms. The van der Waals surface area contributed by atoms with Crippen LogP contribution >= 0.6 is 0 Å². The number of nitrogens with one attached hydrogen (secondary N) is 1. The van der Waals surface area contributed by atoms with Gasteiger partial charge in [-0.2, -0.15) is 0 Å². The third kappa shape index (κ3) is 2.96. The molecule has 3 N–H and O–H groups in total. The summed E-state index contributed by atoms with van der Waals surface area (Å²) in [5.41, 5.74) is 3.85. The minimum Gasteiger partial charge on any atom is -0.346 e. The highest BCUT2D eigenvalue weighted by molar-refractivity contribution is 5.46. The van der Waals surface area contributed by atoms with Crippen LogP contribution in [0.25, 0.3) is 0 Å². The number of hydrazine groups is 1. The molecule has 0 radical (unpaired) electrons. The van der Waals surface area contributed by atoms with Gasteiger partial charge in [-0.05, 0) is 12.6 Å². The van der Waals surface area contributed by atoms with E-state index in [1.54, 1.807) is 12.4 Å². The van der Waals surface area contributed by atoms with Crippen LogP contribution in [0, 0.1) is 0 Å². The SMILES string of the molecule is CN1CCN(c2cncc(NN)n2)C(c2ccccc2)C1. The van der Waals surface area contributed by atoms with Gasteiger partial charge in [-0.3, -0.25) is 4.98 Å². The Morgan fingerprint density at radius 1 is 1.19 bits per heavy atom. The van der Waals surface area contributed by atoms with Gasteiger partial charge in [-0.25, -0.2) is 10.8 Å². The molecule has 1 aromatic carbocycles. The van der Waals surface area contributed by atoms with E-state index in [0.717, 1.165) is 25.5 Å². The lowest BCUT2D eigenvalue weighted by atomic mass is 10.0. The van der Waals surface area contributed by atoms with Crippen molar-refractivity contribution >= 4 is 11.6 Å². The largest absolute Gasteiger partial charge is 0.346 e. The smallest absolute Gasteiger partial charge is 0.160 e. The molecule has 0 saturated carbocycles. The second-order valence-electron chi connectivity index (χ2n) is 5.29. The topological polar surface area (TPSA) is 70.3 Å². The van der Waals surface area contributed by atoms with E-state index in [4.69, 9.17) is 5.84 Å². The molecule has 21 heavy (non-hydrogen) atoms. The third-order valence-corrected chi connectivity index (χ3v) is 3.83. The Hall–Kier alpha value is -2.18. The van der Waals surface area contributed by atoms with Gasteiger partial charge in [0.1, 0.15) is 5.82 Å². The summed E-state index contributed by atoms with van der Waals surface area (Å²) in [6, 6.07) is 10.8. The summed E-state index contributed by atoms with van der Waals surface area (Å²) in [6.45, 7) is 2.88. The molecule has 2 aromatic rings. The number of nitrogens with zero attached hydrogens (tertiary/aromatic N) is 4. The maximum atomic E-state index is 5.44. The molecule has 1 fully saturated rings. The van der Waals surface area contributed by atoms with Gasteiger partial charge in [0.15, 0.2) is 5.82 Å². The van der Waals surface area contributed by atoms with Crippen molar-refractivity contribution in [3.8, 4) is 0 Å². The zero-order valence-corrected chi connectivity index (χ0v) is 12.1. The fraction of sp³-hybridized carbons (Fsp3) is 0.333. The van der Waals surface area contributed by atoms with Crippen LogP contribution in [0.15, 0.2) is 42.7 Å². The number of hydrogen-bond donors (Lipinski definition) is 2. The van der Waals surface area contributed by atoms with E-state index in [-0.39, 0.29) is 6.04 Å². The number of likely N-dealkylation sites (N-methyl/N-ethyl adjacent to an activating group) is 1. The molecule has 1 aliphatic rings. The zero-order valence-electron chi connectivity index (χ0n) is 12.1. The van der Waals surface area contributed by atoms with Gasteiger partial charge in [0.05, 0.1) is 18.4 Å². The van der Waals surface area contributed by atoms with E-state index in [1.165, 1.54) is 5.56 Å². The monoisotopic (exact) mass is 284 g/mol. The highest BCUT2D eigenvalue weighted by Crippen LogP contribution is 2.29. The summed E-state index contributed by atoms with van der Waals surface area (Å²) in [7, 11) is 2.15. The number of anilines is 2. The summed E-state index contributed by atoms with van der Waals surface area (Å²) < 4.78 is 0. The van der Waals surface area contributed by atoms with E-state index < -0.39 is 0 Å². The van der Waals surface area contributed by atoms with Crippen LogP contribution in [0.4, 0.5) is 11.6 Å². The van der Waals surface area contributed by atoms with Gasteiger partial charge in [0.25, 0.3) is 0 Å². The van der Waals surface area contributed by atoms with Gasteiger partial charge in [-0.15, -0.1) is 0 Å². The van der Waals surface area contributed by atoms with Gasteiger partial charge in [0.2, 0.25) is 0 Å². The summed E-state index contributed by atoms with van der Waals surface area (Å²) in [4.78, 5) is 13.4. The highest BCUT2D eigenvalue weighted by Gasteiger charge is 2.27. The maximum absolute atomic E-state index is 5.44. The predicted molar refractivity (Wildman–Crippen MR) is 83.9 cm³/mol. The van der Waals surface area contributed by atoms with Gasteiger partial charge < -0.3 is 15.2 Å². The number of piperazine rings is 1. The Bertz CT molecular complexity index is 588. The Labute approximate surface area is 124 Å². The zero-order chi connectivity index (χ0) is 14.7. The predicted octanol–water partition coefficient (Wildman–Crippen LogP) is 1.26. The minimum absolute atomic E-state index is 0.271. The van der Waals surface area contributed by atoms with Crippen LogP contribution in [0.1, 0.15) is 11.6 Å². The average Bonchev–Trinajstić information content (AvgIpc) is 2.55. The lowest BCUT2D eigenvalue weighted by Gasteiger charge is -2.41. The molecule has 3 rings (SSSR count). The molecule has 1 saturated heterocycles. The Kier molecular flexibility index (Phi) is 3.98. The molecular formula is C15H20N6. The van der Waals surface area contributed by atoms with Crippen molar-refractivity contribution < 1.29 is 0 Å². The van der Waals surface area contributed by atoms with Crippen LogP contribution in [0.3, 0.4) is 0 Å². The average molecular weight is 284 g/mol. The number of benzene rings is 1. The normalized spacial score (nSPS) is 19.5. The number of hydrogen-bond acceptors (Lipinski definition) is 6. The fourth-order valence-corrected chi connectivity index (χ4v) is 2.72. The fourth-order valence-electron chi connectivity index (χ4n) is 2.72. The third-order valence-electron chi connectivity index (χ3n) is 3.83. The molecule has 2 heterocycles. The quantitative estimate of drug-likeness (QED) is 0.653. The van der Waals surface area contributed by atoms with E-state index in [9.17, 15) is 0 Å². The summed E-state index contributed by atoms with van der Waals surface area (Å²) >= 11 is 0. The summed E-state index contributed by atoms with van der Waals surface area (Å²) in [6.07, 6.45) is 3.42. The van der Waals surface area contributed by atoms with Gasteiger partial charge in [-0.1, -0.05) is 30.3 Å². The number of rotatable bonds is 3. The highest BCUT2D eigenvalue weighted by atomic mass is 15.3. The van der Waals surface area contributed by atoms with Gasteiger partial charge in [0, 0.05) is 19.6 Å². The molecule has 0 amide bonds. The van der Waals surface area contributed by atoms with E-state index >= 15 is 0 Å². The van der Waals surface area contributed by atoms with Crippen molar-refractivity contribution in [2.24, 2.45) is 5.84 Å². The number of nitrogen functional groups attached to an aromatic ring is 1. The Morgan fingerprint density at radius 2 is 2.00 bits per heavy atom. The molecule has 1 aromatic heterocycles. The minimum atomic E-state index is 0.271. The number of aromatic nitrogens is 2. The van der Waals surface area contributed by atoms with E-state index in [0.29, 0.717) is 5.82 Å². The lowest BCUT2D eigenvalue weighted by Crippen LogP contribution is -2.47. The molecule has 110 valence electrons. The van der Waals surface area contributed by atoms with Crippen molar-refractivity contribution in [2.45, 2.75) is 6.04 Å². The molecule has 1 atom stereocenters. The van der Waals surface area contributed by atoms with Crippen LogP contribution in [-0.2, 0) is 0 Å². The molecule has 1 aliphatic heterocycles. The van der Waals surface area contributed by atoms with Crippen LogP contribution in [0.2, 0.25) is 0 Å². The second kappa shape index (κ2) is 6.07. The first-order chi connectivity index (χ1) is 10.3. The van der Waals surface area contributed by atoms with E-state index in [2.05, 4.69) is 56.5 Å². The molecule has 0 aliphatic carbocycles. The molecular weight excluding hydrogens is 264 g/mol. The Balaban J connectivity index is 1.94. The second-order valence-corrected chi connectivity index (χ2v) is 5.29. The first kappa shape index (κ1) is 13.8. The lowest BCUT2D eigenvalue weighted by molar-refractivity contribution is 0.268. The van der Waals surface area contributed by atoms with Crippen molar-refractivity contribution in [2.75, 3.05) is 37.0 Å². The van der Waals surface area contributed by atoms with Gasteiger partial charge >= 0.3 is 0 Å². The standard InChI is InChI=1S/C15H20N6/c1-20-7-8-21(15-10-17-9-14(18-15)19-16)13(11-20)12-5-3-2-4-6-12/h2-6,9-10,13H,7-8,11,16H2,1H3,(H,18,19). The van der Waals surface area contributed by atoms with Crippen LogP contribution in [0.5, 0.6) is 0 Å². The summed E-state index contributed by atoms with van der Waals surface area (Å²) in [5.74, 6) is 6.87. The Morgan fingerprint density at radius 3 is 2.76 bits per heavy atom. The molecule has 0 spiro atoms. The van der Waals surface area contributed by atoms with Crippen molar-refractivity contribution in [1.82, 2.24) is 14.9 Å². The van der Waals surface area contributed by atoms with Crippen molar-refractivity contribution in [3.63, 3.8) is 0 Å². The number of nitrogens with two attached hydrogens (primary N) is 1. The van der Waals surface area contributed by atoms with E-state index in [1.807, 2.05) is 6.07 Å².